The van der Waals surface area contributed by atoms with Gasteiger partial charge in [0.15, 0.2) is 5.78 Å². The van der Waals surface area contributed by atoms with Crippen molar-refractivity contribution in [2.24, 2.45) is 0 Å². The van der Waals surface area contributed by atoms with E-state index in [1.165, 1.54) is 6.92 Å². The van der Waals surface area contributed by atoms with Crippen molar-refractivity contribution in [1.82, 2.24) is 10.2 Å². The lowest BCUT2D eigenvalue weighted by Crippen LogP contribution is -2.20. The summed E-state index contributed by atoms with van der Waals surface area (Å²) < 4.78 is 0. The lowest BCUT2D eigenvalue weighted by Gasteiger charge is -2.15. The third-order valence-electron chi connectivity index (χ3n) is 2.52. The van der Waals surface area contributed by atoms with Crippen LogP contribution < -0.4 is 5.32 Å². The monoisotopic (exact) mass is 254 g/mol. The highest BCUT2D eigenvalue weighted by Gasteiger charge is 2.09. The smallest absolute Gasteiger partial charge is 0.163 e. The summed E-state index contributed by atoms with van der Waals surface area (Å²) in [7, 11) is 0. The summed E-state index contributed by atoms with van der Waals surface area (Å²) in [6.07, 6.45) is 3.84. The van der Waals surface area contributed by atoms with E-state index in [2.05, 4.69) is 10.2 Å². The molecule has 92 valence electrons. The molecule has 0 bridgehead atoms. The molecule has 2 N–H and O–H groups in total. The molecule has 0 saturated heterocycles. The fraction of sp³-hybridized carbons (Fsp3) is 0.250. The number of carbonyl (C=O) groups is 1. The van der Waals surface area contributed by atoms with Gasteiger partial charge in [0.05, 0.1) is 12.2 Å². The van der Waals surface area contributed by atoms with Crippen LogP contribution in [-0.4, -0.2) is 22.5 Å². The summed E-state index contributed by atoms with van der Waals surface area (Å²) in [4.78, 5) is 13.3. The van der Waals surface area contributed by atoms with Crippen molar-refractivity contribution in [1.29, 1.82) is 0 Å². The summed E-state index contributed by atoms with van der Waals surface area (Å²) in [5.74, 6) is -0.0687. The Morgan fingerprint density at radius 2 is 2.29 bits per heavy atom. The molecule has 0 radical (unpaired) electrons. The molecule has 0 aliphatic carbocycles. The van der Waals surface area contributed by atoms with Crippen LogP contribution in [0.4, 0.5) is 0 Å². The quantitative estimate of drug-likeness (QED) is 0.809. The SMILES string of the molecule is CC(=O)c1cc(CN2C=CNC2)ccc1O.Cl. The second-order valence-electron chi connectivity index (χ2n) is 3.83. The number of aromatic hydroxyl groups is 1. The average molecular weight is 255 g/mol. The second kappa shape index (κ2) is 5.59. The molecule has 1 aromatic carbocycles. The van der Waals surface area contributed by atoms with E-state index < -0.39 is 0 Å². The van der Waals surface area contributed by atoms with Crippen molar-refractivity contribution in [3.05, 3.63) is 41.7 Å². The summed E-state index contributed by atoms with van der Waals surface area (Å²) in [6, 6.07) is 5.14. The molecule has 17 heavy (non-hydrogen) atoms. The van der Waals surface area contributed by atoms with Gasteiger partial charge >= 0.3 is 0 Å². The van der Waals surface area contributed by atoms with Gasteiger partial charge in [-0.2, -0.15) is 0 Å². The number of Topliss-reactive ketones (excluding diaryl/α,β-unsaturated/α-hetero) is 1. The van der Waals surface area contributed by atoms with Gasteiger partial charge < -0.3 is 15.3 Å². The van der Waals surface area contributed by atoms with E-state index in [1.54, 1.807) is 12.1 Å². The van der Waals surface area contributed by atoms with Crippen LogP contribution in [0.25, 0.3) is 0 Å². The van der Waals surface area contributed by atoms with Crippen LogP contribution in [0.15, 0.2) is 30.6 Å². The van der Waals surface area contributed by atoms with Crippen LogP contribution in [0, 0.1) is 0 Å². The van der Waals surface area contributed by atoms with Gasteiger partial charge in [0, 0.05) is 18.9 Å². The van der Waals surface area contributed by atoms with Gasteiger partial charge in [-0.3, -0.25) is 4.79 Å². The fourth-order valence-electron chi connectivity index (χ4n) is 1.69. The van der Waals surface area contributed by atoms with E-state index in [4.69, 9.17) is 0 Å². The zero-order valence-electron chi connectivity index (χ0n) is 9.51. The molecule has 0 fully saturated rings. The lowest BCUT2D eigenvalue weighted by atomic mass is 10.1. The van der Waals surface area contributed by atoms with Crippen LogP contribution in [0.1, 0.15) is 22.8 Å². The number of hydrogen-bond donors (Lipinski definition) is 2. The van der Waals surface area contributed by atoms with E-state index in [-0.39, 0.29) is 23.9 Å². The minimum atomic E-state index is -0.116. The maximum absolute atomic E-state index is 11.3. The van der Waals surface area contributed by atoms with E-state index in [1.807, 2.05) is 18.5 Å². The summed E-state index contributed by atoms with van der Waals surface area (Å²) >= 11 is 0. The van der Waals surface area contributed by atoms with Crippen molar-refractivity contribution < 1.29 is 9.90 Å². The summed E-state index contributed by atoms with van der Waals surface area (Å²) in [5.41, 5.74) is 1.39. The number of rotatable bonds is 3. The maximum Gasteiger partial charge on any atom is 0.163 e. The van der Waals surface area contributed by atoms with E-state index in [0.29, 0.717) is 5.56 Å². The minimum Gasteiger partial charge on any atom is -0.507 e. The molecule has 0 spiro atoms. The first-order valence-corrected chi connectivity index (χ1v) is 5.14. The van der Waals surface area contributed by atoms with E-state index in [0.717, 1.165) is 18.8 Å². The number of benzene rings is 1. The molecule has 0 aromatic heterocycles. The molecular weight excluding hydrogens is 240 g/mol. The number of hydrogen-bond acceptors (Lipinski definition) is 4. The molecule has 1 aliphatic heterocycles. The Morgan fingerprint density at radius 1 is 1.53 bits per heavy atom. The van der Waals surface area contributed by atoms with Crippen LogP contribution in [0.2, 0.25) is 0 Å². The first kappa shape index (κ1) is 13.4. The zero-order valence-corrected chi connectivity index (χ0v) is 10.3. The normalized spacial score (nSPS) is 13.1. The highest BCUT2D eigenvalue weighted by atomic mass is 35.5. The maximum atomic E-state index is 11.3. The van der Waals surface area contributed by atoms with Crippen molar-refractivity contribution in [2.45, 2.75) is 13.5 Å². The predicted molar refractivity (Wildman–Crippen MR) is 68.0 cm³/mol. The Labute approximate surface area is 106 Å². The zero-order chi connectivity index (χ0) is 11.5. The molecule has 0 saturated carbocycles. The highest BCUT2D eigenvalue weighted by molar-refractivity contribution is 5.96. The van der Waals surface area contributed by atoms with Crippen molar-refractivity contribution in [2.75, 3.05) is 6.67 Å². The van der Waals surface area contributed by atoms with Gasteiger partial charge in [-0.15, -0.1) is 12.4 Å². The van der Waals surface area contributed by atoms with Crippen LogP contribution in [0.5, 0.6) is 5.75 Å². The van der Waals surface area contributed by atoms with E-state index >= 15 is 0 Å². The van der Waals surface area contributed by atoms with Crippen LogP contribution >= 0.6 is 12.4 Å². The average Bonchev–Trinajstić information content (AvgIpc) is 2.73. The predicted octanol–water partition coefficient (Wildman–Crippen LogP) is 1.85. The number of phenolic OH excluding ortho intramolecular Hbond substituents is 1. The summed E-state index contributed by atoms with van der Waals surface area (Å²) in [6.45, 7) is 2.95. The second-order valence-corrected chi connectivity index (χ2v) is 3.83. The molecule has 2 rings (SSSR count). The Bertz CT molecular complexity index is 446. The first-order chi connectivity index (χ1) is 7.66. The Kier molecular flexibility index (Phi) is 4.40. The fourth-order valence-corrected chi connectivity index (χ4v) is 1.69. The topological polar surface area (TPSA) is 52.6 Å². The Balaban J connectivity index is 0.00000144. The van der Waals surface area contributed by atoms with Crippen LogP contribution in [0.3, 0.4) is 0 Å². The molecule has 0 unspecified atom stereocenters. The van der Waals surface area contributed by atoms with Crippen molar-refractivity contribution in [3.63, 3.8) is 0 Å². The Morgan fingerprint density at radius 3 is 2.88 bits per heavy atom. The molecule has 0 amide bonds. The molecular formula is C12H15ClN2O2. The standard InChI is InChI=1S/C12H14N2O2.ClH/c1-9(15)11-6-10(2-3-12(11)16)7-14-5-4-13-8-14;/h2-6,13,16H,7-8H2,1H3;1H. The van der Waals surface area contributed by atoms with E-state index in [9.17, 15) is 9.90 Å². The number of phenols is 1. The number of halogens is 1. The van der Waals surface area contributed by atoms with Gasteiger partial charge in [-0.1, -0.05) is 6.07 Å². The number of ketones is 1. The third kappa shape index (κ3) is 3.14. The summed E-state index contributed by atoms with van der Waals surface area (Å²) in [5, 5.41) is 12.6. The molecule has 1 aliphatic rings. The number of nitrogens with one attached hydrogen (secondary N) is 1. The molecule has 1 aromatic rings. The molecule has 1 heterocycles. The van der Waals surface area contributed by atoms with Crippen molar-refractivity contribution in [3.8, 4) is 5.75 Å². The third-order valence-corrected chi connectivity index (χ3v) is 2.52. The lowest BCUT2D eigenvalue weighted by molar-refractivity contribution is 0.101. The molecule has 0 atom stereocenters. The van der Waals surface area contributed by atoms with Gasteiger partial charge in [0.1, 0.15) is 5.75 Å². The van der Waals surface area contributed by atoms with Gasteiger partial charge in [0.2, 0.25) is 0 Å². The van der Waals surface area contributed by atoms with Gasteiger partial charge in [-0.25, -0.2) is 0 Å². The number of carbonyl (C=O) groups excluding carboxylic acids is 1. The first-order valence-electron chi connectivity index (χ1n) is 5.14. The van der Waals surface area contributed by atoms with Gasteiger partial charge in [0.25, 0.3) is 0 Å². The Hall–Kier alpha value is -1.68. The largest absolute Gasteiger partial charge is 0.507 e. The minimum absolute atomic E-state index is 0. The van der Waals surface area contributed by atoms with Gasteiger partial charge in [-0.05, 0) is 24.6 Å². The van der Waals surface area contributed by atoms with Crippen LogP contribution in [-0.2, 0) is 6.54 Å². The van der Waals surface area contributed by atoms with Crippen molar-refractivity contribution >= 4 is 18.2 Å². The highest BCUT2D eigenvalue weighted by Crippen LogP contribution is 2.20. The molecule has 5 heteroatoms. The molecule has 4 nitrogen and oxygen atoms in total. The number of nitrogens with zero attached hydrogens (tertiary/aromatic N) is 1.